The number of nitrogens with one attached hydrogen (secondary N) is 1. The number of rotatable bonds is 5. The first-order valence-electron chi connectivity index (χ1n) is 5.78. The Morgan fingerprint density at radius 1 is 1.24 bits per heavy atom. The summed E-state index contributed by atoms with van der Waals surface area (Å²) in [6.07, 6.45) is 5.42. The summed E-state index contributed by atoms with van der Waals surface area (Å²) in [4.78, 5) is 8.50. The van der Waals surface area contributed by atoms with Crippen molar-refractivity contribution in [2.45, 2.75) is 33.5 Å². The first-order valence-corrected chi connectivity index (χ1v) is 5.78. The van der Waals surface area contributed by atoms with Crippen molar-refractivity contribution in [1.82, 2.24) is 25.1 Å². The normalized spacial score (nSPS) is 10.7. The molecule has 1 N–H and O–H groups in total. The Bertz CT molecular complexity index is 460. The smallest absolute Gasteiger partial charge is 0.0724 e. The van der Waals surface area contributed by atoms with Crippen LogP contribution in [0.3, 0.4) is 0 Å². The van der Waals surface area contributed by atoms with Crippen LogP contribution in [0.1, 0.15) is 24.0 Å². The van der Waals surface area contributed by atoms with Crippen LogP contribution in [0, 0.1) is 6.92 Å². The fourth-order valence-corrected chi connectivity index (χ4v) is 1.62. The maximum Gasteiger partial charge on any atom is 0.0724 e. The molecule has 90 valence electrons. The second kappa shape index (κ2) is 5.54. The highest BCUT2D eigenvalue weighted by atomic mass is 15.3. The first kappa shape index (κ1) is 11.7. The van der Waals surface area contributed by atoms with Crippen LogP contribution in [-0.4, -0.2) is 19.7 Å². The average Bonchev–Trinajstić information content (AvgIpc) is 2.79. The lowest BCUT2D eigenvalue weighted by molar-refractivity contribution is 0.578. The third kappa shape index (κ3) is 3.10. The lowest BCUT2D eigenvalue weighted by Gasteiger charge is -2.06. The number of nitrogens with zero attached hydrogens (tertiary/aromatic N) is 4. The monoisotopic (exact) mass is 231 g/mol. The third-order valence-electron chi connectivity index (χ3n) is 2.55. The van der Waals surface area contributed by atoms with E-state index >= 15 is 0 Å². The van der Waals surface area contributed by atoms with E-state index in [1.807, 2.05) is 23.9 Å². The Balaban J connectivity index is 1.85. The molecule has 0 radical (unpaired) electrons. The number of aromatic nitrogens is 4. The van der Waals surface area contributed by atoms with E-state index in [0.29, 0.717) is 0 Å². The number of hydrogen-bond donors (Lipinski definition) is 1. The minimum absolute atomic E-state index is 0.724. The molecule has 0 bridgehead atoms. The van der Waals surface area contributed by atoms with Crippen molar-refractivity contribution < 1.29 is 0 Å². The van der Waals surface area contributed by atoms with E-state index < -0.39 is 0 Å². The summed E-state index contributed by atoms with van der Waals surface area (Å²) < 4.78 is 1.98. The van der Waals surface area contributed by atoms with E-state index in [1.165, 1.54) is 5.69 Å². The Morgan fingerprint density at radius 2 is 2.12 bits per heavy atom. The van der Waals surface area contributed by atoms with Gasteiger partial charge >= 0.3 is 0 Å². The molecule has 0 atom stereocenters. The summed E-state index contributed by atoms with van der Waals surface area (Å²) in [5.74, 6) is 0. The summed E-state index contributed by atoms with van der Waals surface area (Å²) in [6.45, 7) is 6.44. The Labute approximate surface area is 101 Å². The molecule has 2 heterocycles. The summed E-state index contributed by atoms with van der Waals surface area (Å²) in [5, 5.41) is 7.56. The average molecular weight is 231 g/mol. The maximum absolute atomic E-state index is 4.29. The Hall–Kier alpha value is -1.75. The van der Waals surface area contributed by atoms with Gasteiger partial charge in [-0.1, -0.05) is 0 Å². The molecule has 0 saturated heterocycles. The van der Waals surface area contributed by atoms with Crippen LogP contribution in [-0.2, 0) is 19.6 Å². The van der Waals surface area contributed by atoms with E-state index in [0.717, 1.165) is 31.0 Å². The maximum atomic E-state index is 4.29. The van der Waals surface area contributed by atoms with Crippen LogP contribution in [0.25, 0.3) is 0 Å². The van der Waals surface area contributed by atoms with Gasteiger partial charge in [0.2, 0.25) is 0 Å². The van der Waals surface area contributed by atoms with Gasteiger partial charge in [-0.15, -0.1) is 0 Å². The molecule has 0 spiro atoms. The van der Waals surface area contributed by atoms with Gasteiger partial charge in [0, 0.05) is 38.2 Å². The van der Waals surface area contributed by atoms with Crippen LogP contribution < -0.4 is 5.32 Å². The van der Waals surface area contributed by atoms with E-state index in [4.69, 9.17) is 0 Å². The highest BCUT2D eigenvalue weighted by Crippen LogP contribution is 1.99. The van der Waals surface area contributed by atoms with Crippen molar-refractivity contribution in [2.24, 2.45) is 0 Å². The van der Waals surface area contributed by atoms with Crippen molar-refractivity contribution in [1.29, 1.82) is 0 Å². The van der Waals surface area contributed by atoms with Crippen LogP contribution in [0.5, 0.6) is 0 Å². The fourth-order valence-electron chi connectivity index (χ4n) is 1.62. The molecule has 0 aliphatic carbocycles. The zero-order chi connectivity index (χ0) is 12.1. The lowest BCUT2D eigenvalue weighted by Crippen LogP contribution is -2.17. The summed E-state index contributed by atoms with van der Waals surface area (Å²) in [5.41, 5.74) is 3.09. The van der Waals surface area contributed by atoms with Crippen molar-refractivity contribution in [3.05, 3.63) is 41.7 Å². The quantitative estimate of drug-likeness (QED) is 0.842. The molecule has 0 aliphatic heterocycles. The highest BCUT2D eigenvalue weighted by Gasteiger charge is 2.00. The molecule has 0 saturated carbocycles. The van der Waals surface area contributed by atoms with E-state index in [9.17, 15) is 0 Å². The Kier molecular flexibility index (Phi) is 3.82. The summed E-state index contributed by atoms with van der Waals surface area (Å²) in [6, 6.07) is 2.03. The number of aryl methyl sites for hydroxylation is 2. The van der Waals surface area contributed by atoms with E-state index in [-0.39, 0.29) is 0 Å². The topological polar surface area (TPSA) is 55.6 Å². The second-order valence-electron chi connectivity index (χ2n) is 3.89. The second-order valence-corrected chi connectivity index (χ2v) is 3.89. The molecule has 0 aliphatic rings. The zero-order valence-corrected chi connectivity index (χ0v) is 10.2. The predicted octanol–water partition coefficient (Wildman–Crippen LogP) is 1.29. The fraction of sp³-hybridized carbons (Fsp3) is 0.417. The highest BCUT2D eigenvalue weighted by molar-refractivity contribution is 5.02. The molecular weight excluding hydrogens is 214 g/mol. The van der Waals surface area contributed by atoms with E-state index in [1.54, 1.807) is 12.4 Å². The van der Waals surface area contributed by atoms with Gasteiger partial charge in [0.1, 0.15) is 0 Å². The third-order valence-corrected chi connectivity index (χ3v) is 2.55. The van der Waals surface area contributed by atoms with Gasteiger partial charge in [0.15, 0.2) is 0 Å². The van der Waals surface area contributed by atoms with Crippen LogP contribution >= 0.6 is 0 Å². The molecule has 0 aromatic carbocycles. The SMILES string of the molecule is CCn1nccc1CNCc1cnc(C)cn1. The molecule has 0 amide bonds. The lowest BCUT2D eigenvalue weighted by atomic mass is 10.4. The molecular formula is C12H17N5. The van der Waals surface area contributed by atoms with Crippen molar-refractivity contribution in [3.8, 4) is 0 Å². The van der Waals surface area contributed by atoms with Gasteiger partial charge in [0.05, 0.1) is 17.1 Å². The van der Waals surface area contributed by atoms with Gasteiger partial charge in [-0.25, -0.2) is 0 Å². The summed E-state index contributed by atoms with van der Waals surface area (Å²) >= 11 is 0. The largest absolute Gasteiger partial charge is 0.305 e. The summed E-state index contributed by atoms with van der Waals surface area (Å²) in [7, 11) is 0. The molecule has 2 aromatic rings. The minimum Gasteiger partial charge on any atom is -0.305 e. The van der Waals surface area contributed by atoms with Gasteiger partial charge in [0.25, 0.3) is 0 Å². The molecule has 5 nitrogen and oxygen atoms in total. The van der Waals surface area contributed by atoms with Crippen molar-refractivity contribution in [2.75, 3.05) is 0 Å². The van der Waals surface area contributed by atoms with Gasteiger partial charge < -0.3 is 5.32 Å². The molecule has 2 aromatic heterocycles. The molecule has 2 rings (SSSR count). The standard InChI is InChI=1S/C12H17N5/c1-3-17-12(4-5-16-17)9-13-7-11-8-14-10(2)6-15-11/h4-6,8,13H,3,7,9H2,1-2H3. The van der Waals surface area contributed by atoms with Gasteiger partial charge in [-0.05, 0) is 19.9 Å². The minimum atomic E-state index is 0.724. The van der Waals surface area contributed by atoms with Gasteiger partial charge in [-0.2, -0.15) is 5.10 Å². The predicted molar refractivity (Wildman–Crippen MR) is 65.2 cm³/mol. The van der Waals surface area contributed by atoms with Crippen molar-refractivity contribution in [3.63, 3.8) is 0 Å². The van der Waals surface area contributed by atoms with Crippen LogP contribution in [0.4, 0.5) is 0 Å². The Morgan fingerprint density at radius 3 is 2.82 bits per heavy atom. The molecule has 5 heteroatoms. The van der Waals surface area contributed by atoms with Crippen molar-refractivity contribution >= 4 is 0 Å². The first-order chi connectivity index (χ1) is 8.29. The van der Waals surface area contributed by atoms with Gasteiger partial charge in [-0.3, -0.25) is 14.6 Å². The van der Waals surface area contributed by atoms with Crippen LogP contribution in [0.15, 0.2) is 24.7 Å². The molecule has 0 fully saturated rings. The molecule has 17 heavy (non-hydrogen) atoms. The zero-order valence-electron chi connectivity index (χ0n) is 10.2. The van der Waals surface area contributed by atoms with Crippen LogP contribution in [0.2, 0.25) is 0 Å². The number of hydrogen-bond acceptors (Lipinski definition) is 4. The van der Waals surface area contributed by atoms with E-state index in [2.05, 4.69) is 27.3 Å². The molecule has 0 unspecified atom stereocenters.